The fourth-order valence-electron chi connectivity index (χ4n) is 2.03. The van der Waals surface area contributed by atoms with E-state index in [-0.39, 0.29) is 6.04 Å². The van der Waals surface area contributed by atoms with Crippen molar-refractivity contribution >= 4 is 23.1 Å². The lowest BCUT2D eigenvalue weighted by molar-refractivity contribution is 0.174. The number of hydrogen-bond acceptors (Lipinski definition) is 4. The van der Waals surface area contributed by atoms with Gasteiger partial charge in [0, 0.05) is 22.7 Å². The maximum Gasteiger partial charge on any atom is 0.0593 e. The van der Waals surface area contributed by atoms with Crippen molar-refractivity contribution in [2.45, 2.75) is 38.4 Å². The monoisotopic (exact) mass is 272 g/mol. The molecule has 4 heteroatoms. The van der Waals surface area contributed by atoms with Gasteiger partial charge in [-0.05, 0) is 38.1 Å². The van der Waals surface area contributed by atoms with Crippen molar-refractivity contribution < 1.29 is 0 Å². The fraction of sp³-hybridized carbons (Fsp3) is 0.692. The summed E-state index contributed by atoms with van der Waals surface area (Å²) in [6, 6.07) is 5.43. The van der Waals surface area contributed by atoms with Gasteiger partial charge in [-0.3, -0.25) is 4.90 Å². The summed E-state index contributed by atoms with van der Waals surface area (Å²) in [4.78, 5) is 3.81. The summed E-state index contributed by atoms with van der Waals surface area (Å²) in [5, 5.41) is 2.14. The summed E-state index contributed by atoms with van der Waals surface area (Å²) >= 11 is 3.70. The summed E-state index contributed by atoms with van der Waals surface area (Å²) in [5.41, 5.74) is 6.30. The van der Waals surface area contributed by atoms with E-state index in [4.69, 9.17) is 5.73 Å². The Balaban J connectivity index is 2.83. The number of thiophene rings is 1. The highest BCUT2D eigenvalue weighted by atomic mass is 32.2. The Bertz CT molecular complexity index is 300. The number of rotatable bonds is 7. The van der Waals surface area contributed by atoms with Crippen LogP contribution in [-0.4, -0.2) is 36.0 Å². The summed E-state index contributed by atoms with van der Waals surface area (Å²) < 4.78 is 0. The van der Waals surface area contributed by atoms with Crippen LogP contribution in [0.4, 0.5) is 0 Å². The molecular weight excluding hydrogens is 248 g/mol. The number of nitrogens with two attached hydrogens (primary N) is 1. The number of thioether (sulfide) groups is 1. The summed E-state index contributed by atoms with van der Waals surface area (Å²) in [7, 11) is 2.20. The van der Waals surface area contributed by atoms with E-state index in [1.165, 1.54) is 4.88 Å². The Kier molecular flexibility index (Phi) is 6.55. The van der Waals surface area contributed by atoms with Crippen LogP contribution >= 0.6 is 23.1 Å². The van der Waals surface area contributed by atoms with Crippen LogP contribution in [0.3, 0.4) is 0 Å². The third-order valence-corrected chi connectivity index (χ3v) is 5.01. The molecule has 0 bridgehead atoms. The van der Waals surface area contributed by atoms with Crippen molar-refractivity contribution in [2.75, 3.05) is 19.1 Å². The minimum Gasteiger partial charge on any atom is -0.326 e. The molecule has 2 N–H and O–H groups in total. The van der Waals surface area contributed by atoms with E-state index in [9.17, 15) is 0 Å². The highest BCUT2D eigenvalue weighted by Crippen LogP contribution is 2.29. The predicted molar refractivity (Wildman–Crippen MR) is 80.9 cm³/mol. The van der Waals surface area contributed by atoms with Crippen LogP contribution in [0.15, 0.2) is 17.5 Å². The molecule has 17 heavy (non-hydrogen) atoms. The minimum absolute atomic E-state index is 0.211. The Morgan fingerprint density at radius 2 is 2.24 bits per heavy atom. The molecule has 0 aromatic carbocycles. The lowest BCUT2D eigenvalue weighted by atomic mass is 10.0. The molecule has 3 atom stereocenters. The van der Waals surface area contributed by atoms with E-state index in [1.807, 2.05) is 23.1 Å². The normalized spacial score (nSPS) is 17.1. The standard InChI is InChI=1S/C13H24N2S2/c1-5-11(14)13(12-7-6-8-17-12)15(3)10(2)9-16-4/h6-8,10-11,13H,5,9,14H2,1-4H3. The molecule has 3 unspecified atom stereocenters. The molecule has 0 amide bonds. The first-order chi connectivity index (χ1) is 8.11. The molecular formula is C13H24N2S2. The average Bonchev–Trinajstić information content (AvgIpc) is 2.82. The van der Waals surface area contributed by atoms with Crippen LogP contribution < -0.4 is 5.73 Å². The first kappa shape index (κ1) is 15.0. The van der Waals surface area contributed by atoms with Gasteiger partial charge < -0.3 is 5.73 Å². The van der Waals surface area contributed by atoms with Gasteiger partial charge in [0.2, 0.25) is 0 Å². The molecule has 0 aliphatic heterocycles. The average molecular weight is 272 g/mol. The Labute approximate surface area is 114 Å². The zero-order valence-electron chi connectivity index (χ0n) is 11.2. The summed E-state index contributed by atoms with van der Waals surface area (Å²) in [5.74, 6) is 1.15. The zero-order chi connectivity index (χ0) is 12.8. The topological polar surface area (TPSA) is 29.3 Å². The van der Waals surface area contributed by atoms with Gasteiger partial charge in [0.15, 0.2) is 0 Å². The fourth-order valence-corrected chi connectivity index (χ4v) is 3.70. The van der Waals surface area contributed by atoms with Crippen LogP contribution in [0, 0.1) is 0 Å². The Morgan fingerprint density at radius 3 is 2.71 bits per heavy atom. The lowest BCUT2D eigenvalue weighted by Gasteiger charge is -2.35. The SMILES string of the molecule is CCC(N)C(c1cccs1)N(C)C(C)CSC. The smallest absolute Gasteiger partial charge is 0.0593 e. The van der Waals surface area contributed by atoms with Crippen molar-refractivity contribution in [2.24, 2.45) is 5.73 Å². The van der Waals surface area contributed by atoms with Crippen LogP contribution in [0.5, 0.6) is 0 Å². The molecule has 1 aromatic rings. The Hall–Kier alpha value is -0.0300. The summed E-state index contributed by atoms with van der Waals surface area (Å²) in [6.07, 6.45) is 3.17. The van der Waals surface area contributed by atoms with Crippen molar-refractivity contribution in [3.8, 4) is 0 Å². The van der Waals surface area contributed by atoms with Gasteiger partial charge in [-0.15, -0.1) is 11.3 Å². The molecule has 0 aliphatic rings. The Morgan fingerprint density at radius 1 is 1.53 bits per heavy atom. The van der Waals surface area contributed by atoms with E-state index < -0.39 is 0 Å². The molecule has 0 saturated heterocycles. The predicted octanol–water partition coefficient (Wildman–Crippen LogP) is 3.21. The van der Waals surface area contributed by atoms with Crippen molar-refractivity contribution in [3.05, 3.63) is 22.4 Å². The first-order valence-electron chi connectivity index (χ1n) is 6.11. The van der Waals surface area contributed by atoms with Gasteiger partial charge in [-0.1, -0.05) is 13.0 Å². The molecule has 0 radical (unpaired) electrons. The maximum absolute atomic E-state index is 6.30. The highest BCUT2D eigenvalue weighted by Gasteiger charge is 2.26. The molecule has 98 valence electrons. The molecule has 2 nitrogen and oxygen atoms in total. The van der Waals surface area contributed by atoms with Crippen LogP contribution in [0.2, 0.25) is 0 Å². The number of nitrogens with zero attached hydrogens (tertiary/aromatic N) is 1. The van der Waals surface area contributed by atoms with Gasteiger partial charge in [0.25, 0.3) is 0 Å². The molecule has 0 aliphatic carbocycles. The van der Waals surface area contributed by atoms with Gasteiger partial charge in [0.05, 0.1) is 6.04 Å². The van der Waals surface area contributed by atoms with Crippen molar-refractivity contribution in [1.82, 2.24) is 4.90 Å². The van der Waals surface area contributed by atoms with Gasteiger partial charge in [-0.2, -0.15) is 11.8 Å². The first-order valence-corrected chi connectivity index (χ1v) is 8.39. The summed E-state index contributed by atoms with van der Waals surface area (Å²) in [6.45, 7) is 4.44. The van der Waals surface area contributed by atoms with Crippen LogP contribution in [-0.2, 0) is 0 Å². The molecule has 1 rings (SSSR count). The van der Waals surface area contributed by atoms with E-state index in [2.05, 4.69) is 49.6 Å². The molecule has 0 spiro atoms. The highest BCUT2D eigenvalue weighted by molar-refractivity contribution is 7.98. The second-order valence-corrected chi connectivity index (χ2v) is 6.39. The van der Waals surface area contributed by atoms with Crippen molar-refractivity contribution in [3.63, 3.8) is 0 Å². The van der Waals surface area contributed by atoms with Gasteiger partial charge >= 0.3 is 0 Å². The third kappa shape index (κ3) is 3.98. The van der Waals surface area contributed by atoms with Crippen LogP contribution in [0.25, 0.3) is 0 Å². The van der Waals surface area contributed by atoms with Crippen molar-refractivity contribution in [1.29, 1.82) is 0 Å². The molecule has 0 fully saturated rings. The lowest BCUT2D eigenvalue weighted by Crippen LogP contribution is -2.43. The molecule has 1 aromatic heterocycles. The third-order valence-electron chi connectivity index (χ3n) is 3.25. The minimum atomic E-state index is 0.211. The van der Waals surface area contributed by atoms with Crippen LogP contribution in [0.1, 0.15) is 31.2 Å². The molecule has 1 heterocycles. The van der Waals surface area contributed by atoms with E-state index in [0.717, 1.165) is 12.2 Å². The molecule has 0 saturated carbocycles. The second-order valence-electron chi connectivity index (χ2n) is 4.50. The van der Waals surface area contributed by atoms with Gasteiger partial charge in [0.1, 0.15) is 0 Å². The van der Waals surface area contributed by atoms with E-state index in [0.29, 0.717) is 12.1 Å². The van der Waals surface area contributed by atoms with Gasteiger partial charge in [-0.25, -0.2) is 0 Å². The zero-order valence-corrected chi connectivity index (χ0v) is 12.9. The van der Waals surface area contributed by atoms with E-state index in [1.54, 1.807) is 0 Å². The number of hydrogen-bond donors (Lipinski definition) is 1. The van der Waals surface area contributed by atoms with E-state index >= 15 is 0 Å². The quantitative estimate of drug-likeness (QED) is 0.826. The maximum atomic E-state index is 6.30. The largest absolute Gasteiger partial charge is 0.326 e. The second kappa shape index (κ2) is 7.41. The number of likely N-dealkylation sites (N-methyl/N-ethyl adjacent to an activating group) is 1.